The fourth-order valence-corrected chi connectivity index (χ4v) is 5.28. The van der Waals surface area contributed by atoms with Gasteiger partial charge in [-0.15, -0.1) is 0 Å². The van der Waals surface area contributed by atoms with E-state index in [1.807, 2.05) is 30.3 Å². The van der Waals surface area contributed by atoms with E-state index in [0.29, 0.717) is 22.4 Å². The molecule has 0 bridgehead atoms. The molecule has 0 aliphatic heterocycles. The third-order valence-electron chi connectivity index (χ3n) is 5.99. The third-order valence-corrected chi connectivity index (χ3v) is 7.43. The van der Waals surface area contributed by atoms with Gasteiger partial charge in [0.25, 0.3) is 11.6 Å². The van der Waals surface area contributed by atoms with Crippen molar-refractivity contribution < 1.29 is 22.6 Å². The Hall–Kier alpha value is -4.41. The van der Waals surface area contributed by atoms with Crippen LogP contribution in [-0.2, 0) is 16.6 Å². The average Bonchev–Trinajstić information content (AvgIpc) is 3.25. The first-order valence-corrected chi connectivity index (χ1v) is 13.6. The topological polar surface area (TPSA) is 123 Å². The number of amides is 1. The Kier molecular flexibility index (Phi) is 6.52. The molecule has 0 fully saturated rings. The maximum absolute atomic E-state index is 12.9. The van der Waals surface area contributed by atoms with Gasteiger partial charge in [0.1, 0.15) is 11.2 Å². The minimum absolute atomic E-state index is 0.00818. The molecular formula is C27H20ClN3O6S. The predicted molar refractivity (Wildman–Crippen MR) is 147 cm³/mol. The maximum Gasteiger partial charge on any atom is 0.271 e. The highest BCUT2D eigenvalue weighted by Gasteiger charge is 2.23. The van der Waals surface area contributed by atoms with Crippen LogP contribution in [0.1, 0.15) is 15.9 Å². The van der Waals surface area contributed by atoms with Crippen LogP contribution in [0.4, 0.5) is 17.1 Å². The van der Waals surface area contributed by atoms with Crippen molar-refractivity contribution in [3.8, 4) is 0 Å². The number of sulfonamides is 1. The highest BCUT2D eigenvalue weighted by Crippen LogP contribution is 2.33. The van der Waals surface area contributed by atoms with E-state index in [-0.39, 0.29) is 28.8 Å². The zero-order valence-electron chi connectivity index (χ0n) is 19.9. The van der Waals surface area contributed by atoms with Crippen LogP contribution in [0.25, 0.3) is 21.9 Å². The number of furan rings is 1. The van der Waals surface area contributed by atoms with Crippen LogP contribution < -0.4 is 9.62 Å². The molecule has 4 aromatic carbocycles. The monoisotopic (exact) mass is 549 g/mol. The van der Waals surface area contributed by atoms with Crippen molar-refractivity contribution in [2.75, 3.05) is 15.9 Å². The van der Waals surface area contributed by atoms with Crippen molar-refractivity contribution in [3.63, 3.8) is 0 Å². The van der Waals surface area contributed by atoms with E-state index in [9.17, 15) is 23.3 Å². The van der Waals surface area contributed by atoms with Gasteiger partial charge in [0, 0.05) is 40.2 Å². The van der Waals surface area contributed by atoms with Gasteiger partial charge in [0.05, 0.1) is 28.4 Å². The lowest BCUT2D eigenvalue weighted by atomic mass is 10.1. The summed E-state index contributed by atoms with van der Waals surface area (Å²) in [6.07, 6.45) is 0.989. The number of nitrogens with zero attached hydrogens (tertiary/aromatic N) is 2. The molecule has 0 saturated carbocycles. The van der Waals surface area contributed by atoms with Crippen LogP contribution >= 0.6 is 11.6 Å². The number of anilines is 2. The number of benzene rings is 4. The van der Waals surface area contributed by atoms with Crippen molar-refractivity contribution in [2.45, 2.75) is 6.54 Å². The summed E-state index contributed by atoms with van der Waals surface area (Å²) in [7, 11) is -3.84. The van der Waals surface area contributed by atoms with Crippen molar-refractivity contribution in [1.29, 1.82) is 0 Å². The molecule has 0 spiro atoms. The molecule has 5 rings (SSSR count). The minimum atomic E-state index is -3.84. The number of nitro groups is 1. The lowest BCUT2D eigenvalue weighted by Crippen LogP contribution is -2.29. The molecule has 1 aromatic heterocycles. The Morgan fingerprint density at radius 2 is 1.68 bits per heavy atom. The molecule has 1 N–H and O–H groups in total. The van der Waals surface area contributed by atoms with Gasteiger partial charge in [-0.1, -0.05) is 41.9 Å². The first kappa shape index (κ1) is 25.2. The number of nitrogens with one attached hydrogen (secondary N) is 1. The van der Waals surface area contributed by atoms with E-state index in [1.165, 1.54) is 12.1 Å². The first-order chi connectivity index (χ1) is 18.1. The second kappa shape index (κ2) is 9.81. The average molecular weight is 550 g/mol. The molecule has 0 aliphatic carbocycles. The molecular weight excluding hydrogens is 530 g/mol. The molecule has 0 unspecified atom stereocenters. The van der Waals surface area contributed by atoms with Gasteiger partial charge < -0.3 is 9.73 Å². The highest BCUT2D eigenvalue weighted by atomic mass is 35.5. The Bertz CT molecular complexity index is 1820. The van der Waals surface area contributed by atoms with Crippen LogP contribution in [0, 0.1) is 10.1 Å². The van der Waals surface area contributed by atoms with Gasteiger partial charge in [0.2, 0.25) is 10.0 Å². The van der Waals surface area contributed by atoms with Gasteiger partial charge in [-0.3, -0.25) is 19.2 Å². The van der Waals surface area contributed by atoms with Gasteiger partial charge in [-0.05, 0) is 42.0 Å². The number of carbonyl (C=O) groups excluding carboxylic acids is 1. The van der Waals surface area contributed by atoms with E-state index in [4.69, 9.17) is 16.0 Å². The number of rotatable bonds is 7. The molecule has 0 radical (unpaired) electrons. The first-order valence-electron chi connectivity index (χ1n) is 11.3. The molecule has 9 nitrogen and oxygen atoms in total. The quantitative estimate of drug-likeness (QED) is 0.186. The number of halogens is 1. The lowest BCUT2D eigenvalue weighted by molar-refractivity contribution is -0.384. The molecule has 5 aromatic rings. The predicted octanol–water partition coefficient (Wildman–Crippen LogP) is 6.37. The maximum atomic E-state index is 12.9. The van der Waals surface area contributed by atoms with E-state index < -0.39 is 14.9 Å². The van der Waals surface area contributed by atoms with E-state index in [1.54, 1.807) is 36.4 Å². The molecule has 0 aliphatic rings. The SMILES string of the molecule is CS(=O)(=O)N(Cc1ccc(C(=O)Nc2ccc3c(c2)oc2ccccc23)cc1)c1cc([N+](=O)[O-])ccc1Cl. The zero-order valence-corrected chi connectivity index (χ0v) is 21.5. The summed E-state index contributed by atoms with van der Waals surface area (Å²) >= 11 is 6.18. The van der Waals surface area contributed by atoms with Crippen LogP contribution in [0.2, 0.25) is 5.02 Å². The number of hydrogen-bond acceptors (Lipinski definition) is 6. The second-order valence-electron chi connectivity index (χ2n) is 8.62. The molecule has 1 amide bonds. The molecule has 192 valence electrons. The number of carbonyl (C=O) groups is 1. The van der Waals surface area contributed by atoms with Crippen molar-refractivity contribution in [2.24, 2.45) is 0 Å². The minimum Gasteiger partial charge on any atom is -0.456 e. The van der Waals surface area contributed by atoms with Crippen molar-refractivity contribution in [3.05, 3.63) is 111 Å². The Balaban J connectivity index is 1.35. The van der Waals surface area contributed by atoms with E-state index >= 15 is 0 Å². The number of para-hydroxylation sites is 1. The fraction of sp³-hybridized carbons (Fsp3) is 0.0741. The van der Waals surface area contributed by atoms with Crippen LogP contribution in [0.5, 0.6) is 0 Å². The summed E-state index contributed by atoms with van der Waals surface area (Å²) in [6.45, 7) is -0.135. The number of fused-ring (bicyclic) bond motifs is 3. The Labute approximate surface area is 222 Å². The van der Waals surface area contributed by atoms with Crippen molar-refractivity contribution >= 4 is 66.5 Å². The Morgan fingerprint density at radius 1 is 0.974 bits per heavy atom. The lowest BCUT2D eigenvalue weighted by Gasteiger charge is -2.23. The molecule has 0 atom stereocenters. The number of nitro benzene ring substituents is 1. The van der Waals surface area contributed by atoms with Gasteiger partial charge in [-0.25, -0.2) is 8.42 Å². The summed E-state index contributed by atoms with van der Waals surface area (Å²) < 4.78 is 31.9. The molecule has 11 heteroatoms. The van der Waals surface area contributed by atoms with Crippen molar-refractivity contribution in [1.82, 2.24) is 0 Å². The van der Waals surface area contributed by atoms with Crippen LogP contribution in [0.3, 0.4) is 0 Å². The summed E-state index contributed by atoms with van der Waals surface area (Å²) in [5.41, 5.74) is 2.60. The highest BCUT2D eigenvalue weighted by molar-refractivity contribution is 7.92. The molecule has 38 heavy (non-hydrogen) atoms. The van der Waals surface area contributed by atoms with Crippen LogP contribution in [0.15, 0.2) is 89.3 Å². The van der Waals surface area contributed by atoms with Gasteiger partial charge in [-0.2, -0.15) is 0 Å². The summed E-state index contributed by atoms with van der Waals surface area (Å²) in [5, 5.41) is 16.0. The normalized spacial score (nSPS) is 11.5. The van der Waals surface area contributed by atoms with E-state index in [2.05, 4.69) is 5.32 Å². The second-order valence-corrected chi connectivity index (χ2v) is 10.9. The van der Waals surface area contributed by atoms with Gasteiger partial charge >= 0.3 is 0 Å². The summed E-state index contributed by atoms with van der Waals surface area (Å²) in [5.74, 6) is -0.353. The summed E-state index contributed by atoms with van der Waals surface area (Å²) in [4.78, 5) is 23.4. The largest absolute Gasteiger partial charge is 0.456 e. The number of hydrogen-bond donors (Lipinski definition) is 1. The molecule has 1 heterocycles. The number of non-ortho nitro benzene ring substituents is 1. The van der Waals surface area contributed by atoms with Gasteiger partial charge in [0.15, 0.2) is 0 Å². The Morgan fingerprint density at radius 3 is 2.39 bits per heavy atom. The van der Waals surface area contributed by atoms with E-state index in [0.717, 1.165) is 33.0 Å². The zero-order chi connectivity index (χ0) is 27.0. The smallest absolute Gasteiger partial charge is 0.271 e. The fourth-order valence-electron chi connectivity index (χ4n) is 4.12. The third kappa shape index (κ3) is 5.04. The summed E-state index contributed by atoms with van der Waals surface area (Å²) in [6, 6.07) is 23.1. The molecule has 0 saturated heterocycles. The van der Waals surface area contributed by atoms with Crippen LogP contribution in [-0.4, -0.2) is 25.5 Å². The standard InChI is InChI=1S/C27H20ClN3O6S/c1-38(35,36)30(24-15-20(31(33)34)11-13-23(24)28)16-17-6-8-18(9-7-17)27(32)29-19-10-12-22-21-4-2-3-5-25(21)37-26(22)14-19/h2-15H,16H2,1H3,(H,29,32).